The van der Waals surface area contributed by atoms with Crippen LogP contribution in [0.3, 0.4) is 0 Å². The summed E-state index contributed by atoms with van der Waals surface area (Å²) in [6.45, 7) is 2.27. The highest BCUT2D eigenvalue weighted by Crippen LogP contribution is 2.27. The number of rotatable bonds is 7. The molecule has 0 fully saturated rings. The number of carbonyl (C=O) groups excluding carboxylic acids is 1. The first kappa shape index (κ1) is 18.2. The van der Waals surface area contributed by atoms with Crippen molar-refractivity contribution in [3.8, 4) is 11.5 Å². The van der Waals surface area contributed by atoms with Gasteiger partial charge in [-0.3, -0.25) is 4.79 Å². The molecule has 0 spiro atoms. The number of aryl methyl sites for hydroxylation is 1. The molecule has 140 valence electrons. The fourth-order valence-electron chi connectivity index (χ4n) is 2.47. The van der Waals surface area contributed by atoms with Crippen molar-refractivity contribution >= 4 is 17.5 Å². The predicted molar refractivity (Wildman–Crippen MR) is 100 cm³/mol. The summed E-state index contributed by atoms with van der Waals surface area (Å²) in [7, 11) is 3.19. The molecule has 0 aliphatic heterocycles. The van der Waals surface area contributed by atoms with Gasteiger partial charge in [-0.1, -0.05) is 11.2 Å². The van der Waals surface area contributed by atoms with Crippen LogP contribution in [-0.2, 0) is 6.54 Å². The first-order valence-corrected chi connectivity index (χ1v) is 8.24. The van der Waals surface area contributed by atoms with Crippen LogP contribution in [0.15, 0.2) is 47.1 Å². The van der Waals surface area contributed by atoms with E-state index in [0.29, 0.717) is 41.0 Å². The second-order valence-corrected chi connectivity index (χ2v) is 5.75. The molecule has 3 rings (SSSR count). The third kappa shape index (κ3) is 4.55. The van der Waals surface area contributed by atoms with Crippen LogP contribution in [0.1, 0.15) is 21.7 Å². The van der Waals surface area contributed by atoms with E-state index in [1.54, 1.807) is 45.5 Å². The molecule has 1 aromatic carbocycles. The average molecular weight is 368 g/mol. The summed E-state index contributed by atoms with van der Waals surface area (Å²) < 4.78 is 15.5. The van der Waals surface area contributed by atoms with E-state index in [1.807, 2.05) is 18.2 Å². The number of ether oxygens (including phenoxy) is 2. The molecular weight excluding hydrogens is 348 g/mol. The number of hydrogen-bond acceptors (Lipinski definition) is 7. The topological polar surface area (TPSA) is 98.5 Å². The Bertz CT molecular complexity index is 939. The van der Waals surface area contributed by atoms with Crippen molar-refractivity contribution in [2.75, 3.05) is 24.9 Å². The van der Waals surface area contributed by atoms with Crippen molar-refractivity contribution < 1.29 is 18.8 Å². The van der Waals surface area contributed by atoms with Crippen molar-refractivity contribution in [1.82, 2.24) is 10.1 Å². The van der Waals surface area contributed by atoms with Crippen LogP contribution in [0.2, 0.25) is 0 Å². The van der Waals surface area contributed by atoms with Crippen molar-refractivity contribution in [1.29, 1.82) is 0 Å². The summed E-state index contributed by atoms with van der Waals surface area (Å²) >= 11 is 0. The molecule has 1 amide bonds. The Kier molecular flexibility index (Phi) is 5.55. The lowest BCUT2D eigenvalue weighted by Crippen LogP contribution is -2.13. The van der Waals surface area contributed by atoms with Crippen LogP contribution < -0.4 is 20.1 Å². The summed E-state index contributed by atoms with van der Waals surface area (Å²) in [4.78, 5) is 16.6. The molecule has 2 N–H and O–H groups in total. The fourth-order valence-corrected chi connectivity index (χ4v) is 2.47. The molecule has 2 heterocycles. The Morgan fingerprint density at radius 3 is 2.59 bits per heavy atom. The second kappa shape index (κ2) is 8.22. The van der Waals surface area contributed by atoms with Crippen LogP contribution in [0, 0.1) is 6.92 Å². The van der Waals surface area contributed by atoms with Gasteiger partial charge in [0.05, 0.1) is 14.2 Å². The molecule has 27 heavy (non-hydrogen) atoms. The van der Waals surface area contributed by atoms with Crippen LogP contribution in [0.5, 0.6) is 11.5 Å². The van der Waals surface area contributed by atoms with Gasteiger partial charge in [-0.15, -0.1) is 0 Å². The van der Waals surface area contributed by atoms with Crippen LogP contribution in [0.25, 0.3) is 0 Å². The Morgan fingerprint density at radius 2 is 1.89 bits per heavy atom. The molecule has 0 unspecified atom stereocenters. The van der Waals surface area contributed by atoms with Gasteiger partial charge in [0.15, 0.2) is 17.3 Å². The number of nitrogens with one attached hydrogen (secondary N) is 2. The lowest BCUT2D eigenvalue weighted by Gasteiger charge is -2.11. The van der Waals surface area contributed by atoms with Gasteiger partial charge in [0.25, 0.3) is 5.91 Å². The van der Waals surface area contributed by atoms with Gasteiger partial charge < -0.3 is 24.6 Å². The standard InChI is InChI=1S/C19H20N4O4/c1-12-8-18(23-27-12)22-19(24)14-6-7-20-17(10-14)21-11-13-4-5-15(25-2)16(9-13)26-3/h4-10H,11H2,1-3H3,(H,20,21)(H,22,23,24). The van der Waals surface area contributed by atoms with Crippen molar-refractivity contribution in [2.45, 2.75) is 13.5 Å². The molecule has 8 heteroatoms. The minimum absolute atomic E-state index is 0.292. The number of hydrogen-bond donors (Lipinski definition) is 2. The third-order valence-corrected chi connectivity index (χ3v) is 3.81. The van der Waals surface area contributed by atoms with Gasteiger partial charge >= 0.3 is 0 Å². The molecule has 3 aromatic rings. The zero-order valence-electron chi connectivity index (χ0n) is 15.3. The molecule has 2 aromatic heterocycles. The predicted octanol–water partition coefficient (Wildman–Crippen LogP) is 3.26. The Labute approximate surface area is 156 Å². The molecular formula is C19H20N4O4. The van der Waals surface area contributed by atoms with E-state index in [2.05, 4.69) is 20.8 Å². The normalized spacial score (nSPS) is 10.3. The Morgan fingerprint density at radius 1 is 1.07 bits per heavy atom. The zero-order chi connectivity index (χ0) is 19.2. The number of pyridine rings is 1. The first-order valence-electron chi connectivity index (χ1n) is 8.24. The average Bonchev–Trinajstić information content (AvgIpc) is 3.10. The maximum Gasteiger partial charge on any atom is 0.257 e. The molecule has 0 saturated heterocycles. The van der Waals surface area contributed by atoms with Crippen LogP contribution in [0.4, 0.5) is 11.6 Å². The van der Waals surface area contributed by atoms with Crippen molar-refractivity contribution in [2.24, 2.45) is 0 Å². The molecule has 0 saturated carbocycles. The number of carbonyl (C=O) groups is 1. The van der Waals surface area contributed by atoms with E-state index in [1.165, 1.54) is 0 Å². The highest BCUT2D eigenvalue weighted by Gasteiger charge is 2.10. The molecule has 0 radical (unpaired) electrons. The Hall–Kier alpha value is -3.55. The van der Waals surface area contributed by atoms with Gasteiger partial charge in [0.2, 0.25) is 0 Å². The number of aromatic nitrogens is 2. The summed E-state index contributed by atoms with van der Waals surface area (Å²) in [6, 6.07) is 10.6. The smallest absolute Gasteiger partial charge is 0.257 e. The second-order valence-electron chi connectivity index (χ2n) is 5.75. The minimum atomic E-state index is -0.292. The number of benzene rings is 1. The molecule has 0 atom stereocenters. The minimum Gasteiger partial charge on any atom is -0.493 e. The third-order valence-electron chi connectivity index (χ3n) is 3.81. The number of nitrogens with zero attached hydrogens (tertiary/aromatic N) is 2. The summed E-state index contributed by atoms with van der Waals surface area (Å²) in [5, 5.41) is 9.62. The van der Waals surface area contributed by atoms with Gasteiger partial charge in [-0.25, -0.2) is 4.98 Å². The first-order chi connectivity index (χ1) is 13.1. The quantitative estimate of drug-likeness (QED) is 0.660. The van der Waals surface area contributed by atoms with Crippen LogP contribution in [-0.4, -0.2) is 30.3 Å². The largest absolute Gasteiger partial charge is 0.493 e. The number of amides is 1. The van der Waals surface area contributed by atoms with Crippen molar-refractivity contribution in [3.63, 3.8) is 0 Å². The van der Waals surface area contributed by atoms with E-state index in [9.17, 15) is 4.79 Å². The van der Waals surface area contributed by atoms with Crippen LogP contribution >= 0.6 is 0 Å². The maximum atomic E-state index is 12.3. The number of anilines is 2. The monoisotopic (exact) mass is 368 g/mol. The molecule has 0 aliphatic carbocycles. The fraction of sp³-hybridized carbons (Fsp3) is 0.211. The van der Waals surface area contributed by atoms with E-state index < -0.39 is 0 Å². The number of methoxy groups -OCH3 is 2. The van der Waals surface area contributed by atoms with Gasteiger partial charge in [0.1, 0.15) is 11.6 Å². The maximum absolute atomic E-state index is 12.3. The summed E-state index contributed by atoms with van der Waals surface area (Å²) in [5.41, 5.74) is 1.45. The van der Waals surface area contributed by atoms with Crippen molar-refractivity contribution in [3.05, 3.63) is 59.5 Å². The zero-order valence-corrected chi connectivity index (χ0v) is 15.3. The van der Waals surface area contributed by atoms with Gasteiger partial charge in [-0.2, -0.15) is 0 Å². The SMILES string of the molecule is COc1ccc(CNc2cc(C(=O)Nc3cc(C)on3)ccn2)cc1OC. The van der Waals surface area contributed by atoms with E-state index in [0.717, 1.165) is 5.56 Å². The summed E-state index contributed by atoms with van der Waals surface area (Å²) in [6.07, 6.45) is 1.57. The highest BCUT2D eigenvalue weighted by atomic mass is 16.5. The summed E-state index contributed by atoms with van der Waals surface area (Å²) in [5.74, 6) is 2.60. The molecule has 0 bridgehead atoms. The molecule has 8 nitrogen and oxygen atoms in total. The van der Waals surface area contributed by atoms with E-state index >= 15 is 0 Å². The lowest BCUT2D eigenvalue weighted by atomic mass is 10.2. The Balaban J connectivity index is 1.66. The van der Waals surface area contributed by atoms with E-state index in [-0.39, 0.29) is 5.91 Å². The molecule has 0 aliphatic rings. The van der Waals surface area contributed by atoms with Gasteiger partial charge in [0, 0.05) is 24.4 Å². The van der Waals surface area contributed by atoms with Gasteiger partial charge in [-0.05, 0) is 36.8 Å². The highest BCUT2D eigenvalue weighted by molar-refractivity contribution is 6.04. The van der Waals surface area contributed by atoms with E-state index in [4.69, 9.17) is 14.0 Å². The lowest BCUT2D eigenvalue weighted by molar-refractivity contribution is 0.102.